The second kappa shape index (κ2) is 9.87. The minimum Gasteiger partial charge on any atom is -0.459 e. The summed E-state index contributed by atoms with van der Waals surface area (Å²) in [7, 11) is -3.93. The van der Waals surface area contributed by atoms with E-state index in [9.17, 15) is 13.2 Å². The number of carbonyl (C=O) groups excluding carboxylic acids is 1. The van der Waals surface area contributed by atoms with Crippen LogP contribution in [0.15, 0.2) is 59.5 Å². The molecule has 8 heteroatoms. The van der Waals surface area contributed by atoms with E-state index in [0.29, 0.717) is 24.5 Å². The molecule has 0 aromatic heterocycles. The van der Waals surface area contributed by atoms with Crippen molar-refractivity contribution >= 4 is 16.0 Å². The molecule has 0 heterocycles. The van der Waals surface area contributed by atoms with E-state index in [0.717, 1.165) is 0 Å². The van der Waals surface area contributed by atoms with Gasteiger partial charge < -0.3 is 15.2 Å². The van der Waals surface area contributed by atoms with Crippen molar-refractivity contribution in [3.63, 3.8) is 0 Å². The van der Waals surface area contributed by atoms with Gasteiger partial charge in [-0.1, -0.05) is 18.2 Å². The lowest BCUT2D eigenvalue weighted by Crippen LogP contribution is -2.44. The molecule has 0 radical (unpaired) electrons. The van der Waals surface area contributed by atoms with E-state index in [1.54, 1.807) is 45.0 Å². The highest BCUT2D eigenvalue weighted by Crippen LogP contribution is 2.23. The second-order valence-corrected chi connectivity index (χ2v) is 9.24. The second-order valence-electron chi connectivity index (χ2n) is 7.52. The summed E-state index contributed by atoms with van der Waals surface area (Å²) < 4.78 is 39.0. The van der Waals surface area contributed by atoms with Gasteiger partial charge in [-0.15, -0.1) is 0 Å². The molecule has 158 valence electrons. The maximum Gasteiger partial charge on any atom is 0.324 e. The molecule has 1 unspecified atom stereocenters. The monoisotopic (exact) mass is 420 g/mol. The molecule has 0 fully saturated rings. The van der Waals surface area contributed by atoms with Crippen LogP contribution in [-0.2, 0) is 19.6 Å². The van der Waals surface area contributed by atoms with E-state index in [4.69, 9.17) is 15.2 Å². The number of sulfonamides is 1. The van der Waals surface area contributed by atoms with Gasteiger partial charge in [0.05, 0.1) is 4.90 Å². The van der Waals surface area contributed by atoms with Crippen molar-refractivity contribution in [1.82, 2.24) is 4.72 Å². The van der Waals surface area contributed by atoms with Crippen LogP contribution in [0.2, 0.25) is 0 Å². The fraction of sp³-hybridized carbons (Fsp3) is 0.381. The van der Waals surface area contributed by atoms with E-state index in [1.807, 2.05) is 18.2 Å². The number of ether oxygens (including phenoxy) is 2. The van der Waals surface area contributed by atoms with Crippen molar-refractivity contribution in [2.45, 2.75) is 50.2 Å². The molecule has 0 bridgehead atoms. The maximum absolute atomic E-state index is 12.8. The zero-order chi connectivity index (χ0) is 21.5. The molecule has 0 aliphatic carbocycles. The number of benzene rings is 2. The topological polar surface area (TPSA) is 108 Å². The highest BCUT2D eigenvalue weighted by Gasteiger charge is 2.29. The van der Waals surface area contributed by atoms with Gasteiger partial charge in [0.2, 0.25) is 10.0 Å². The van der Waals surface area contributed by atoms with E-state index < -0.39 is 27.6 Å². The number of para-hydroxylation sites is 1. The van der Waals surface area contributed by atoms with Crippen LogP contribution in [0, 0.1) is 0 Å². The quantitative estimate of drug-likeness (QED) is 0.603. The fourth-order valence-corrected chi connectivity index (χ4v) is 3.71. The van der Waals surface area contributed by atoms with Crippen LogP contribution in [-0.4, -0.2) is 32.6 Å². The molecule has 0 aliphatic heterocycles. The van der Waals surface area contributed by atoms with Gasteiger partial charge in [-0.2, -0.15) is 4.72 Å². The largest absolute Gasteiger partial charge is 0.459 e. The molecule has 0 saturated heterocycles. The highest BCUT2D eigenvalue weighted by molar-refractivity contribution is 7.89. The first-order chi connectivity index (χ1) is 13.6. The van der Waals surface area contributed by atoms with Crippen LogP contribution in [0.5, 0.6) is 11.5 Å². The first kappa shape index (κ1) is 22.9. The molecular formula is C21H28N2O5S. The average Bonchev–Trinajstić information content (AvgIpc) is 2.65. The Kier molecular flexibility index (Phi) is 7.78. The van der Waals surface area contributed by atoms with Crippen LogP contribution in [0.25, 0.3) is 0 Å². The van der Waals surface area contributed by atoms with E-state index in [1.165, 1.54) is 12.1 Å². The summed E-state index contributed by atoms with van der Waals surface area (Å²) in [5, 5.41) is 0. The summed E-state index contributed by atoms with van der Waals surface area (Å²) in [5.74, 6) is 0.522. The molecule has 1 atom stereocenters. The van der Waals surface area contributed by atoms with Crippen molar-refractivity contribution in [1.29, 1.82) is 0 Å². The van der Waals surface area contributed by atoms with Gasteiger partial charge in [-0.05, 0) is 76.6 Å². The molecule has 7 nitrogen and oxygen atoms in total. The minimum absolute atomic E-state index is 0.0271. The fourth-order valence-electron chi connectivity index (χ4n) is 2.49. The summed E-state index contributed by atoms with van der Waals surface area (Å²) in [5.41, 5.74) is 4.79. The molecule has 3 N–H and O–H groups in total. The Labute approximate surface area is 172 Å². The van der Waals surface area contributed by atoms with Crippen LogP contribution in [0.4, 0.5) is 0 Å². The van der Waals surface area contributed by atoms with Crippen LogP contribution in [0.1, 0.15) is 33.6 Å². The Bertz CT molecular complexity index is 891. The van der Waals surface area contributed by atoms with Gasteiger partial charge in [-0.3, -0.25) is 4.79 Å². The van der Waals surface area contributed by atoms with E-state index in [2.05, 4.69) is 4.72 Å². The van der Waals surface area contributed by atoms with Crippen molar-refractivity contribution in [2.75, 3.05) is 6.54 Å². The molecular weight excluding hydrogens is 392 g/mol. The highest BCUT2D eigenvalue weighted by atomic mass is 32.2. The Morgan fingerprint density at radius 2 is 1.62 bits per heavy atom. The zero-order valence-electron chi connectivity index (χ0n) is 16.9. The number of nitrogens with one attached hydrogen (secondary N) is 1. The number of esters is 1. The summed E-state index contributed by atoms with van der Waals surface area (Å²) in [6.45, 7) is 5.52. The number of rotatable bonds is 9. The zero-order valence-corrected chi connectivity index (χ0v) is 17.7. The first-order valence-corrected chi connectivity index (χ1v) is 10.9. The predicted molar refractivity (Wildman–Crippen MR) is 111 cm³/mol. The van der Waals surface area contributed by atoms with E-state index >= 15 is 0 Å². The molecule has 0 saturated carbocycles. The Morgan fingerprint density at radius 3 is 2.17 bits per heavy atom. The standard InChI is InChI=1S/C21H28N2O5S/c1-21(2,3)28-20(24)19(10-7-15-22)23-29(25,26)18-13-11-17(12-14-18)27-16-8-5-4-6-9-16/h4-6,8-9,11-14,19,23H,7,10,15,22H2,1-3H3. The normalized spacial score (nSPS) is 13.0. The Balaban J connectivity index is 2.13. The average molecular weight is 421 g/mol. The molecule has 2 aromatic rings. The Hall–Kier alpha value is -2.42. The third-order valence-electron chi connectivity index (χ3n) is 3.80. The summed E-state index contributed by atoms with van der Waals surface area (Å²) in [6, 6.07) is 14.1. The smallest absolute Gasteiger partial charge is 0.324 e. The Morgan fingerprint density at radius 1 is 1.03 bits per heavy atom. The molecule has 0 amide bonds. The van der Waals surface area contributed by atoms with Crippen molar-refractivity contribution in [3.05, 3.63) is 54.6 Å². The van der Waals surface area contributed by atoms with E-state index in [-0.39, 0.29) is 11.3 Å². The van der Waals surface area contributed by atoms with Gasteiger partial charge in [0.25, 0.3) is 0 Å². The molecule has 2 rings (SSSR count). The van der Waals surface area contributed by atoms with Gasteiger partial charge in [0.15, 0.2) is 0 Å². The minimum atomic E-state index is -3.93. The van der Waals surface area contributed by atoms with Crippen LogP contribution < -0.4 is 15.2 Å². The number of hydrogen-bond acceptors (Lipinski definition) is 6. The van der Waals surface area contributed by atoms with Gasteiger partial charge in [-0.25, -0.2) is 8.42 Å². The molecule has 0 spiro atoms. The summed E-state index contributed by atoms with van der Waals surface area (Å²) in [4.78, 5) is 12.4. The van der Waals surface area contributed by atoms with Gasteiger partial charge in [0, 0.05) is 0 Å². The lowest BCUT2D eigenvalue weighted by atomic mass is 10.1. The van der Waals surface area contributed by atoms with Gasteiger partial charge >= 0.3 is 5.97 Å². The third kappa shape index (κ3) is 7.49. The number of nitrogens with two attached hydrogens (primary N) is 1. The number of carbonyl (C=O) groups is 1. The summed E-state index contributed by atoms with van der Waals surface area (Å²) >= 11 is 0. The van der Waals surface area contributed by atoms with Crippen molar-refractivity contribution in [2.24, 2.45) is 5.73 Å². The molecule has 0 aliphatic rings. The van der Waals surface area contributed by atoms with Crippen LogP contribution in [0.3, 0.4) is 0 Å². The van der Waals surface area contributed by atoms with Crippen molar-refractivity contribution in [3.8, 4) is 11.5 Å². The third-order valence-corrected chi connectivity index (χ3v) is 5.29. The predicted octanol–water partition coefficient (Wildman–Crippen LogP) is 3.21. The number of hydrogen-bond donors (Lipinski definition) is 2. The van der Waals surface area contributed by atoms with Gasteiger partial charge in [0.1, 0.15) is 23.1 Å². The lowest BCUT2D eigenvalue weighted by Gasteiger charge is -2.24. The maximum atomic E-state index is 12.8. The summed E-state index contributed by atoms with van der Waals surface area (Å²) in [6.07, 6.45) is 0.732. The van der Waals surface area contributed by atoms with Crippen LogP contribution >= 0.6 is 0 Å². The molecule has 2 aromatic carbocycles. The lowest BCUT2D eigenvalue weighted by molar-refractivity contribution is -0.157. The van der Waals surface area contributed by atoms with Crippen molar-refractivity contribution < 1.29 is 22.7 Å². The first-order valence-electron chi connectivity index (χ1n) is 9.39. The molecule has 29 heavy (non-hydrogen) atoms. The SMILES string of the molecule is CC(C)(C)OC(=O)C(CCCN)NS(=O)(=O)c1ccc(Oc2ccccc2)cc1.